The Bertz CT molecular complexity index is 364. The van der Waals surface area contributed by atoms with E-state index < -0.39 is 0 Å². The molecule has 1 fully saturated rings. The third-order valence-electron chi connectivity index (χ3n) is 3.95. The van der Waals surface area contributed by atoms with Crippen molar-refractivity contribution in [2.45, 2.75) is 57.4 Å². The van der Waals surface area contributed by atoms with Gasteiger partial charge in [0.1, 0.15) is 0 Å². The lowest BCUT2D eigenvalue weighted by Crippen LogP contribution is -2.34. The molecule has 1 aromatic rings. The highest BCUT2D eigenvalue weighted by molar-refractivity contribution is 6.30. The van der Waals surface area contributed by atoms with E-state index in [0.717, 1.165) is 11.6 Å². The van der Waals surface area contributed by atoms with Crippen LogP contribution in [-0.2, 0) is 0 Å². The maximum atomic E-state index is 6.14. The Labute approximate surface area is 116 Å². The van der Waals surface area contributed by atoms with Gasteiger partial charge >= 0.3 is 0 Å². The minimum Gasteiger partial charge on any atom is -0.313 e. The van der Waals surface area contributed by atoms with E-state index in [1.165, 1.54) is 44.1 Å². The predicted octanol–water partition coefficient (Wildman–Crippen LogP) is 4.76. The summed E-state index contributed by atoms with van der Waals surface area (Å²) in [6.07, 6.45) is 7.89. The lowest BCUT2D eigenvalue weighted by molar-refractivity contribution is 0.411. The first kappa shape index (κ1) is 13.9. The summed E-state index contributed by atoms with van der Waals surface area (Å²) in [6, 6.07) is 9.07. The van der Waals surface area contributed by atoms with Crippen molar-refractivity contribution in [3.8, 4) is 0 Å². The van der Waals surface area contributed by atoms with Gasteiger partial charge in [0, 0.05) is 11.1 Å². The molecule has 1 aliphatic carbocycles. The first-order valence-electron chi connectivity index (χ1n) is 7.30. The van der Waals surface area contributed by atoms with Crippen molar-refractivity contribution < 1.29 is 0 Å². The second-order valence-electron chi connectivity index (χ2n) is 5.36. The van der Waals surface area contributed by atoms with Crippen LogP contribution >= 0.6 is 11.6 Å². The third-order valence-corrected chi connectivity index (χ3v) is 4.18. The fraction of sp³-hybridized carbons (Fsp3) is 0.625. The van der Waals surface area contributed by atoms with E-state index in [4.69, 9.17) is 11.6 Å². The van der Waals surface area contributed by atoms with Crippen LogP contribution in [0.4, 0.5) is 0 Å². The Morgan fingerprint density at radius 2 is 2.06 bits per heavy atom. The smallest absolute Gasteiger partial charge is 0.0408 e. The Morgan fingerprint density at radius 1 is 1.22 bits per heavy atom. The summed E-state index contributed by atoms with van der Waals surface area (Å²) in [6.45, 7) is 3.36. The summed E-state index contributed by atoms with van der Waals surface area (Å²) < 4.78 is 0. The molecule has 0 heterocycles. The van der Waals surface area contributed by atoms with Crippen molar-refractivity contribution >= 4 is 11.6 Å². The summed E-state index contributed by atoms with van der Waals surface area (Å²) in [5.41, 5.74) is 1.41. The number of benzene rings is 1. The van der Waals surface area contributed by atoms with Crippen molar-refractivity contribution in [1.29, 1.82) is 0 Å². The lowest BCUT2D eigenvalue weighted by Gasteiger charge is -2.27. The van der Waals surface area contributed by atoms with Crippen molar-refractivity contribution in [2.24, 2.45) is 0 Å². The molecule has 1 N–H and O–H groups in total. The van der Waals surface area contributed by atoms with E-state index in [1.54, 1.807) is 0 Å². The van der Waals surface area contributed by atoms with E-state index in [0.29, 0.717) is 12.0 Å². The Kier molecular flexibility index (Phi) is 5.52. The topological polar surface area (TPSA) is 12.0 Å². The highest BCUT2D eigenvalue weighted by Crippen LogP contribution is 2.33. The minimum atomic E-state index is 0.630. The van der Waals surface area contributed by atoms with Crippen molar-refractivity contribution in [3.63, 3.8) is 0 Å². The summed E-state index contributed by atoms with van der Waals surface area (Å²) >= 11 is 6.14. The quantitative estimate of drug-likeness (QED) is 0.775. The number of hydrogen-bond donors (Lipinski definition) is 1. The molecular formula is C16H24ClN. The molecule has 2 unspecified atom stereocenters. The van der Waals surface area contributed by atoms with Crippen molar-refractivity contribution in [2.75, 3.05) is 6.54 Å². The molecule has 1 saturated carbocycles. The number of hydrogen-bond acceptors (Lipinski definition) is 1. The zero-order chi connectivity index (χ0) is 12.8. The average Bonchev–Trinajstić information content (AvgIpc) is 2.61. The molecule has 1 aliphatic rings. The van der Waals surface area contributed by atoms with Gasteiger partial charge in [0.25, 0.3) is 0 Å². The molecule has 1 aromatic carbocycles. The molecule has 0 aliphatic heterocycles. The third kappa shape index (κ3) is 3.73. The molecule has 100 valence electrons. The van der Waals surface area contributed by atoms with Gasteiger partial charge in [-0.2, -0.15) is 0 Å². The van der Waals surface area contributed by atoms with E-state index in [9.17, 15) is 0 Å². The predicted molar refractivity (Wildman–Crippen MR) is 79.4 cm³/mol. The zero-order valence-corrected chi connectivity index (χ0v) is 12.0. The van der Waals surface area contributed by atoms with Gasteiger partial charge in [-0.05, 0) is 49.4 Å². The molecule has 0 amide bonds. The lowest BCUT2D eigenvalue weighted by atomic mass is 9.87. The van der Waals surface area contributed by atoms with Gasteiger partial charge in [-0.15, -0.1) is 0 Å². The summed E-state index contributed by atoms with van der Waals surface area (Å²) in [7, 11) is 0. The van der Waals surface area contributed by atoms with Crippen LogP contribution < -0.4 is 5.32 Å². The second-order valence-corrected chi connectivity index (χ2v) is 5.80. The highest BCUT2D eigenvalue weighted by atomic mass is 35.5. The van der Waals surface area contributed by atoms with Gasteiger partial charge in [-0.3, -0.25) is 0 Å². The normalized spacial score (nSPS) is 24.8. The Morgan fingerprint density at radius 3 is 2.83 bits per heavy atom. The molecule has 2 rings (SSSR count). The van der Waals surface area contributed by atoms with Crippen LogP contribution in [0.3, 0.4) is 0 Å². The van der Waals surface area contributed by atoms with Gasteiger partial charge in [0.05, 0.1) is 0 Å². The van der Waals surface area contributed by atoms with Crippen LogP contribution in [0.25, 0.3) is 0 Å². The van der Waals surface area contributed by atoms with Crippen molar-refractivity contribution in [3.05, 3.63) is 34.9 Å². The second kappa shape index (κ2) is 7.16. The first-order chi connectivity index (χ1) is 8.81. The zero-order valence-electron chi connectivity index (χ0n) is 11.3. The molecule has 1 nitrogen and oxygen atoms in total. The molecule has 0 aromatic heterocycles. The maximum absolute atomic E-state index is 6.14. The molecule has 2 heteroatoms. The van der Waals surface area contributed by atoms with Crippen LogP contribution in [0, 0.1) is 0 Å². The fourth-order valence-corrected chi connectivity index (χ4v) is 3.22. The molecule has 2 atom stereocenters. The molecule has 0 saturated heterocycles. The van der Waals surface area contributed by atoms with Crippen LogP contribution in [0.15, 0.2) is 24.3 Å². The van der Waals surface area contributed by atoms with Crippen molar-refractivity contribution in [1.82, 2.24) is 5.32 Å². The fourth-order valence-electron chi connectivity index (χ4n) is 3.02. The molecule has 0 bridgehead atoms. The Hall–Kier alpha value is -0.530. The van der Waals surface area contributed by atoms with Crippen LogP contribution in [0.5, 0.6) is 0 Å². The number of halogens is 1. The number of nitrogens with one attached hydrogen (secondary N) is 1. The average molecular weight is 266 g/mol. The van der Waals surface area contributed by atoms with Crippen LogP contribution in [0.1, 0.15) is 56.9 Å². The molecular weight excluding hydrogens is 242 g/mol. The van der Waals surface area contributed by atoms with E-state index >= 15 is 0 Å². The molecule has 0 spiro atoms. The standard InChI is InChI=1S/C16H24ClN/c1-2-11-18-16-10-5-3-4-9-15(16)13-7-6-8-14(17)12-13/h6-8,12,15-16,18H,2-5,9-11H2,1H3. The number of rotatable bonds is 4. The van der Waals surface area contributed by atoms with Gasteiger partial charge in [-0.25, -0.2) is 0 Å². The van der Waals surface area contributed by atoms with Crippen LogP contribution in [0.2, 0.25) is 5.02 Å². The monoisotopic (exact) mass is 265 g/mol. The summed E-state index contributed by atoms with van der Waals surface area (Å²) in [5.74, 6) is 0.637. The van der Waals surface area contributed by atoms with Gasteiger partial charge in [0.2, 0.25) is 0 Å². The highest BCUT2D eigenvalue weighted by Gasteiger charge is 2.24. The SMILES string of the molecule is CCCNC1CCCCCC1c1cccc(Cl)c1. The van der Waals surface area contributed by atoms with E-state index in [-0.39, 0.29) is 0 Å². The largest absolute Gasteiger partial charge is 0.313 e. The van der Waals surface area contributed by atoms with Gasteiger partial charge in [0.15, 0.2) is 0 Å². The van der Waals surface area contributed by atoms with Gasteiger partial charge < -0.3 is 5.32 Å². The maximum Gasteiger partial charge on any atom is 0.0408 e. The van der Waals surface area contributed by atoms with Crippen LogP contribution in [-0.4, -0.2) is 12.6 Å². The summed E-state index contributed by atoms with van der Waals surface area (Å²) in [5, 5.41) is 4.60. The van der Waals surface area contributed by atoms with Gasteiger partial charge in [-0.1, -0.05) is 49.9 Å². The van der Waals surface area contributed by atoms with E-state index in [2.05, 4.69) is 30.4 Å². The Balaban J connectivity index is 2.14. The molecule has 0 radical (unpaired) electrons. The minimum absolute atomic E-state index is 0.630. The summed E-state index contributed by atoms with van der Waals surface area (Å²) in [4.78, 5) is 0. The molecule has 18 heavy (non-hydrogen) atoms. The van der Waals surface area contributed by atoms with E-state index in [1.807, 2.05) is 6.07 Å². The first-order valence-corrected chi connectivity index (χ1v) is 7.68.